The molecule has 1 aromatic rings. The van der Waals surface area contributed by atoms with E-state index in [4.69, 9.17) is 4.74 Å². The average molecular weight is 266 g/mol. The second-order valence-corrected chi connectivity index (χ2v) is 5.15. The molecule has 1 atom stereocenters. The first-order valence-corrected chi connectivity index (χ1v) is 6.68. The molecule has 1 aromatic carbocycles. The summed E-state index contributed by atoms with van der Waals surface area (Å²) in [5.74, 6) is 0.743. The van der Waals surface area contributed by atoms with Crippen LogP contribution in [0.25, 0.3) is 0 Å². The van der Waals surface area contributed by atoms with E-state index in [9.17, 15) is 5.11 Å². The van der Waals surface area contributed by atoms with Crippen molar-refractivity contribution in [1.29, 1.82) is 0 Å². The second-order valence-electron chi connectivity index (χ2n) is 5.15. The lowest BCUT2D eigenvalue weighted by Gasteiger charge is -2.25. The Bertz CT molecular complexity index is 392. The summed E-state index contributed by atoms with van der Waals surface area (Å²) in [4.78, 5) is 4.35. The predicted molar refractivity (Wildman–Crippen MR) is 80.1 cm³/mol. The monoisotopic (exact) mass is 266 g/mol. The van der Waals surface area contributed by atoms with Crippen LogP contribution in [0.3, 0.4) is 0 Å². The lowest BCUT2D eigenvalue weighted by molar-refractivity contribution is 0.194. The van der Waals surface area contributed by atoms with Crippen LogP contribution < -0.4 is 9.64 Å². The van der Waals surface area contributed by atoms with Crippen molar-refractivity contribution in [2.24, 2.45) is 0 Å². The van der Waals surface area contributed by atoms with E-state index in [1.54, 1.807) is 14.0 Å². The van der Waals surface area contributed by atoms with Gasteiger partial charge in [0.05, 0.1) is 13.2 Å². The summed E-state index contributed by atoms with van der Waals surface area (Å²) in [6, 6.07) is 5.88. The molecule has 0 fully saturated rings. The normalized spacial score (nSPS) is 12.6. The Morgan fingerprint density at radius 1 is 1.21 bits per heavy atom. The zero-order valence-corrected chi connectivity index (χ0v) is 12.7. The van der Waals surface area contributed by atoms with E-state index in [0.29, 0.717) is 0 Å². The quantitative estimate of drug-likeness (QED) is 0.820. The summed E-state index contributed by atoms with van der Waals surface area (Å²) in [5, 5.41) is 9.96. The van der Waals surface area contributed by atoms with Crippen LogP contribution in [-0.2, 0) is 0 Å². The molecule has 19 heavy (non-hydrogen) atoms. The van der Waals surface area contributed by atoms with Crippen LogP contribution in [0.5, 0.6) is 5.75 Å². The molecule has 0 unspecified atom stereocenters. The molecule has 0 amide bonds. The van der Waals surface area contributed by atoms with Crippen LogP contribution in [0.4, 0.5) is 5.69 Å². The van der Waals surface area contributed by atoms with Gasteiger partial charge in [0, 0.05) is 24.8 Å². The third-order valence-electron chi connectivity index (χ3n) is 3.19. The van der Waals surface area contributed by atoms with Crippen molar-refractivity contribution >= 4 is 5.69 Å². The summed E-state index contributed by atoms with van der Waals surface area (Å²) in [5.41, 5.74) is 1.89. The molecule has 0 aliphatic heterocycles. The van der Waals surface area contributed by atoms with E-state index in [0.717, 1.165) is 36.5 Å². The first-order valence-electron chi connectivity index (χ1n) is 6.68. The highest BCUT2D eigenvalue weighted by molar-refractivity contribution is 5.60. The van der Waals surface area contributed by atoms with E-state index in [-0.39, 0.29) is 0 Å². The highest BCUT2D eigenvalue weighted by atomic mass is 16.5. The van der Waals surface area contributed by atoms with E-state index in [1.165, 1.54) is 0 Å². The Morgan fingerprint density at radius 2 is 1.89 bits per heavy atom. The summed E-state index contributed by atoms with van der Waals surface area (Å²) in [6.07, 6.45) is 0.544. The number of benzene rings is 1. The second kappa shape index (κ2) is 7.36. The minimum atomic E-state index is -0.539. The Morgan fingerprint density at radius 3 is 2.42 bits per heavy atom. The van der Waals surface area contributed by atoms with Crippen molar-refractivity contribution in [1.82, 2.24) is 4.90 Å². The smallest absolute Gasteiger partial charge is 0.126 e. The first kappa shape index (κ1) is 15.8. The molecule has 0 saturated heterocycles. The molecule has 0 saturated carbocycles. The largest absolute Gasteiger partial charge is 0.496 e. The number of hydrogen-bond donors (Lipinski definition) is 1. The van der Waals surface area contributed by atoms with Gasteiger partial charge in [-0.05, 0) is 46.1 Å². The number of nitrogens with zero attached hydrogens (tertiary/aromatic N) is 2. The number of methoxy groups -OCH3 is 1. The van der Waals surface area contributed by atoms with Gasteiger partial charge in [-0.1, -0.05) is 6.07 Å². The van der Waals surface area contributed by atoms with Crippen molar-refractivity contribution < 1.29 is 9.84 Å². The van der Waals surface area contributed by atoms with Crippen LogP contribution in [-0.4, -0.2) is 51.3 Å². The summed E-state index contributed by atoms with van der Waals surface area (Å²) in [6.45, 7) is 3.78. The van der Waals surface area contributed by atoms with Gasteiger partial charge in [0.25, 0.3) is 0 Å². The molecule has 4 nitrogen and oxygen atoms in total. The van der Waals surface area contributed by atoms with Crippen molar-refractivity contribution in [3.8, 4) is 5.75 Å². The Kier molecular flexibility index (Phi) is 6.12. The summed E-state index contributed by atoms with van der Waals surface area (Å²) in [7, 11) is 7.84. The van der Waals surface area contributed by atoms with Gasteiger partial charge in [-0.15, -0.1) is 0 Å². The van der Waals surface area contributed by atoms with Gasteiger partial charge in [0.2, 0.25) is 0 Å². The number of aliphatic hydroxyl groups excluding tert-OH is 1. The fraction of sp³-hybridized carbons (Fsp3) is 0.600. The minimum absolute atomic E-state index is 0.539. The third-order valence-corrected chi connectivity index (χ3v) is 3.19. The van der Waals surface area contributed by atoms with E-state index < -0.39 is 6.10 Å². The standard InChI is InChI=1S/C15H26N2O2/c1-12(18)15-13(8-6-9-14(15)19-5)17(4)11-7-10-16(2)3/h6,8-9,12,18H,7,10-11H2,1-5H3/t12-/m0/s1. The lowest BCUT2D eigenvalue weighted by Crippen LogP contribution is -2.24. The Labute approximate surface area is 116 Å². The fourth-order valence-corrected chi connectivity index (χ4v) is 2.21. The molecule has 0 aromatic heterocycles. The van der Waals surface area contributed by atoms with Gasteiger partial charge in [-0.25, -0.2) is 0 Å². The van der Waals surface area contributed by atoms with Gasteiger partial charge in [0.15, 0.2) is 0 Å². The fourth-order valence-electron chi connectivity index (χ4n) is 2.21. The number of hydrogen-bond acceptors (Lipinski definition) is 4. The van der Waals surface area contributed by atoms with Crippen LogP contribution in [0.2, 0.25) is 0 Å². The summed E-state index contributed by atoms with van der Waals surface area (Å²) >= 11 is 0. The molecule has 0 aliphatic carbocycles. The lowest BCUT2D eigenvalue weighted by atomic mass is 10.1. The van der Waals surface area contributed by atoms with Crippen LogP contribution in [0.1, 0.15) is 25.0 Å². The number of ether oxygens (including phenoxy) is 1. The highest BCUT2D eigenvalue weighted by Gasteiger charge is 2.16. The molecule has 1 N–H and O–H groups in total. The van der Waals surface area contributed by atoms with E-state index >= 15 is 0 Å². The van der Waals surface area contributed by atoms with Gasteiger partial charge in [-0.2, -0.15) is 0 Å². The number of rotatable bonds is 7. The van der Waals surface area contributed by atoms with Gasteiger partial charge >= 0.3 is 0 Å². The average Bonchev–Trinajstić information content (AvgIpc) is 2.36. The maximum absolute atomic E-state index is 9.96. The van der Waals surface area contributed by atoms with Crippen LogP contribution in [0.15, 0.2) is 18.2 Å². The molecule has 108 valence electrons. The third kappa shape index (κ3) is 4.40. The highest BCUT2D eigenvalue weighted by Crippen LogP contribution is 2.34. The number of aliphatic hydroxyl groups is 1. The van der Waals surface area contributed by atoms with Crippen LogP contribution in [0, 0.1) is 0 Å². The molecule has 1 rings (SSSR count). The molecular formula is C15H26N2O2. The maximum Gasteiger partial charge on any atom is 0.126 e. The molecule has 0 radical (unpaired) electrons. The van der Waals surface area contributed by atoms with Crippen molar-refractivity contribution in [2.75, 3.05) is 46.2 Å². The molecule has 0 heterocycles. The molecular weight excluding hydrogens is 240 g/mol. The Hall–Kier alpha value is -1.26. The van der Waals surface area contributed by atoms with Gasteiger partial charge in [0.1, 0.15) is 5.75 Å². The topological polar surface area (TPSA) is 35.9 Å². The zero-order valence-electron chi connectivity index (χ0n) is 12.7. The predicted octanol–water partition coefficient (Wildman–Crippen LogP) is 2.14. The Balaban J connectivity index is 2.86. The molecule has 0 aliphatic rings. The van der Waals surface area contributed by atoms with E-state index in [2.05, 4.69) is 30.9 Å². The molecule has 0 spiro atoms. The van der Waals surface area contributed by atoms with Gasteiger partial charge < -0.3 is 19.6 Å². The first-order chi connectivity index (χ1) is 8.97. The molecule has 0 bridgehead atoms. The van der Waals surface area contributed by atoms with Crippen molar-refractivity contribution in [3.05, 3.63) is 23.8 Å². The molecule has 4 heteroatoms. The van der Waals surface area contributed by atoms with Crippen LogP contribution >= 0.6 is 0 Å². The number of anilines is 1. The van der Waals surface area contributed by atoms with E-state index in [1.807, 2.05) is 18.2 Å². The maximum atomic E-state index is 9.96. The zero-order chi connectivity index (χ0) is 14.4. The van der Waals surface area contributed by atoms with Crippen molar-refractivity contribution in [3.63, 3.8) is 0 Å². The summed E-state index contributed by atoms with van der Waals surface area (Å²) < 4.78 is 5.35. The van der Waals surface area contributed by atoms with Gasteiger partial charge in [-0.3, -0.25) is 0 Å². The van der Waals surface area contributed by atoms with Crippen molar-refractivity contribution in [2.45, 2.75) is 19.4 Å². The minimum Gasteiger partial charge on any atom is -0.496 e. The SMILES string of the molecule is COc1cccc(N(C)CCCN(C)C)c1[C@H](C)O.